The zero-order valence-corrected chi connectivity index (χ0v) is 13.1. The molecule has 1 aromatic heterocycles. The molecule has 0 aliphatic rings. The lowest BCUT2D eigenvalue weighted by molar-refractivity contribution is 0.248. The molecule has 0 unspecified atom stereocenters. The Bertz CT molecular complexity index is 682. The van der Waals surface area contributed by atoms with Gasteiger partial charge in [-0.05, 0) is 18.9 Å². The number of rotatable bonds is 8. The molecule has 6 heteroatoms. The van der Waals surface area contributed by atoms with Crippen molar-refractivity contribution >= 4 is 6.03 Å². The van der Waals surface area contributed by atoms with Gasteiger partial charge in [-0.3, -0.25) is 4.79 Å². The molecule has 0 fully saturated rings. The van der Waals surface area contributed by atoms with Crippen molar-refractivity contribution in [3.05, 3.63) is 52.8 Å². The summed E-state index contributed by atoms with van der Waals surface area (Å²) in [5.41, 5.74) is 6.71. The number of aryl methyl sites for hydroxylation is 1. The lowest BCUT2D eigenvalue weighted by atomic mass is 10.1. The van der Waals surface area contributed by atoms with Gasteiger partial charge in [-0.15, -0.1) is 0 Å². The fourth-order valence-electron chi connectivity index (χ4n) is 2.32. The minimum absolute atomic E-state index is 0.0833. The fourth-order valence-corrected chi connectivity index (χ4v) is 2.32. The molecule has 0 atom stereocenters. The van der Waals surface area contributed by atoms with Crippen molar-refractivity contribution in [2.24, 2.45) is 5.73 Å². The van der Waals surface area contributed by atoms with Crippen LogP contribution in [0.15, 0.2) is 47.3 Å². The van der Waals surface area contributed by atoms with Gasteiger partial charge in [-0.1, -0.05) is 43.2 Å². The van der Waals surface area contributed by atoms with Gasteiger partial charge in [0.2, 0.25) is 0 Å². The Balaban J connectivity index is 1.83. The van der Waals surface area contributed by atoms with E-state index in [1.54, 1.807) is 12.1 Å². The van der Waals surface area contributed by atoms with Crippen LogP contribution < -0.4 is 16.6 Å². The highest BCUT2D eigenvalue weighted by atomic mass is 16.2. The predicted octanol–water partition coefficient (Wildman–Crippen LogP) is 2.14. The zero-order valence-electron chi connectivity index (χ0n) is 13.1. The van der Waals surface area contributed by atoms with E-state index in [-0.39, 0.29) is 5.56 Å². The lowest BCUT2D eigenvalue weighted by Gasteiger charge is -2.07. The highest BCUT2D eigenvalue weighted by molar-refractivity contribution is 5.71. The molecule has 6 nitrogen and oxygen atoms in total. The SMILES string of the molecule is NC(=O)NCCCCCCn1nc(-c2ccccc2)ccc1=O. The molecule has 0 saturated heterocycles. The van der Waals surface area contributed by atoms with Gasteiger partial charge in [0.15, 0.2) is 0 Å². The number of hydrogen-bond donors (Lipinski definition) is 2. The average molecular weight is 314 g/mol. The van der Waals surface area contributed by atoms with E-state index in [0.717, 1.165) is 36.9 Å². The summed E-state index contributed by atoms with van der Waals surface area (Å²) in [5.74, 6) is 0. The molecule has 122 valence electrons. The van der Waals surface area contributed by atoms with Crippen molar-refractivity contribution in [2.45, 2.75) is 32.2 Å². The zero-order chi connectivity index (χ0) is 16.5. The van der Waals surface area contributed by atoms with E-state index >= 15 is 0 Å². The maximum Gasteiger partial charge on any atom is 0.312 e. The second kappa shape index (κ2) is 8.73. The summed E-state index contributed by atoms with van der Waals surface area (Å²) in [7, 11) is 0. The molecule has 2 amide bonds. The van der Waals surface area contributed by atoms with E-state index in [9.17, 15) is 9.59 Å². The van der Waals surface area contributed by atoms with E-state index in [1.165, 1.54) is 4.68 Å². The van der Waals surface area contributed by atoms with Gasteiger partial charge in [0.1, 0.15) is 0 Å². The lowest BCUT2D eigenvalue weighted by Crippen LogP contribution is -2.29. The Morgan fingerprint density at radius 1 is 1.04 bits per heavy atom. The average Bonchev–Trinajstić information content (AvgIpc) is 2.56. The van der Waals surface area contributed by atoms with E-state index in [0.29, 0.717) is 13.1 Å². The van der Waals surface area contributed by atoms with Crippen molar-refractivity contribution in [1.29, 1.82) is 0 Å². The van der Waals surface area contributed by atoms with Gasteiger partial charge < -0.3 is 11.1 Å². The number of nitrogens with zero attached hydrogens (tertiary/aromatic N) is 2. The van der Waals surface area contributed by atoms with E-state index in [2.05, 4.69) is 10.4 Å². The molecular weight excluding hydrogens is 292 g/mol. The van der Waals surface area contributed by atoms with Crippen molar-refractivity contribution in [3.8, 4) is 11.3 Å². The van der Waals surface area contributed by atoms with Gasteiger partial charge >= 0.3 is 6.03 Å². The van der Waals surface area contributed by atoms with E-state index < -0.39 is 6.03 Å². The number of nitrogens with one attached hydrogen (secondary N) is 1. The first-order valence-corrected chi connectivity index (χ1v) is 7.84. The number of aromatic nitrogens is 2. The van der Waals surface area contributed by atoms with Crippen LogP contribution in [0.2, 0.25) is 0 Å². The summed E-state index contributed by atoms with van der Waals surface area (Å²) in [5, 5.41) is 6.99. The molecule has 1 aromatic carbocycles. The van der Waals surface area contributed by atoms with Crippen LogP contribution in [0.25, 0.3) is 11.3 Å². The second-order valence-corrected chi connectivity index (χ2v) is 5.35. The Morgan fingerprint density at radius 2 is 1.78 bits per heavy atom. The predicted molar refractivity (Wildman–Crippen MR) is 90.0 cm³/mol. The minimum Gasteiger partial charge on any atom is -0.352 e. The van der Waals surface area contributed by atoms with E-state index in [4.69, 9.17) is 5.73 Å². The van der Waals surface area contributed by atoms with E-state index in [1.807, 2.05) is 30.3 Å². The summed E-state index contributed by atoms with van der Waals surface area (Å²) < 4.78 is 1.52. The first-order chi connectivity index (χ1) is 11.2. The molecule has 0 saturated carbocycles. The Labute approximate surface area is 135 Å². The number of hydrogen-bond acceptors (Lipinski definition) is 3. The van der Waals surface area contributed by atoms with Gasteiger partial charge in [0.05, 0.1) is 5.69 Å². The van der Waals surface area contributed by atoms with Crippen LogP contribution in [0, 0.1) is 0 Å². The number of unbranched alkanes of at least 4 members (excludes halogenated alkanes) is 3. The third-order valence-corrected chi connectivity index (χ3v) is 3.53. The monoisotopic (exact) mass is 314 g/mol. The van der Waals surface area contributed by atoms with Crippen LogP contribution in [0.3, 0.4) is 0 Å². The van der Waals surface area contributed by atoms with Crippen LogP contribution in [0.4, 0.5) is 4.79 Å². The standard InChI is InChI=1S/C17H22N4O2/c18-17(23)19-12-6-1-2-7-13-21-16(22)11-10-15(20-21)14-8-4-3-5-9-14/h3-5,8-11H,1-2,6-7,12-13H2,(H3,18,19,23). The number of nitrogens with two attached hydrogens (primary N) is 1. The van der Waals surface area contributed by atoms with Crippen molar-refractivity contribution in [1.82, 2.24) is 15.1 Å². The molecule has 0 radical (unpaired) electrons. The summed E-state index contributed by atoms with van der Waals surface area (Å²) in [6.07, 6.45) is 3.72. The topological polar surface area (TPSA) is 90.0 Å². The molecule has 0 spiro atoms. The number of amides is 2. The molecule has 0 aliphatic heterocycles. The molecule has 2 aromatic rings. The van der Waals surface area contributed by atoms with Gasteiger partial charge in [-0.2, -0.15) is 5.10 Å². The summed E-state index contributed by atoms with van der Waals surface area (Å²) in [4.78, 5) is 22.4. The minimum atomic E-state index is -0.488. The highest BCUT2D eigenvalue weighted by Gasteiger charge is 2.03. The van der Waals surface area contributed by atoms with Crippen LogP contribution >= 0.6 is 0 Å². The molecule has 2 rings (SSSR count). The van der Waals surface area contributed by atoms with Crippen LogP contribution in [-0.4, -0.2) is 22.4 Å². The number of carbonyl (C=O) groups excluding carboxylic acids is 1. The molecule has 3 N–H and O–H groups in total. The third-order valence-electron chi connectivity index (χ3n) is 3.53. The van der Waals surface area contributed by atoms with Gasteiger partial charge in [0, 0.05) is 24.7 Å². The molecule has 1 heterocycles. The maximum atomic E-state index is 11.9. The first-order valence-electron chi connectivity index (χ1n) is 7.84. The Hall–Kier alpha value is -2.63. The smallest absolute Gasteiger partial charge is 0.312 e. The van der Waals surface area contributed by atoms with Crippen LogP contribution in [0.5, 0.6) is 0 Å². The molecule has 23 heavy (non-hydrogen) atoms. The molecular formula is C17H22N4O2. The molecule has 0 aliphatic carbocycles. The summed E-state index contributed by atoms with van der Waals surface area (Å²) in [6.45, 7) is 1.19. The normalized spacial score (nSPS) is 10.4. The van der Waals surface area contributed by atoms with Crippen LogP contribution in [0.1, 0.15) is 25.7 Å². The van der Waals surface area contributed by atoms with Crippen molar-refractivity contribution < 1.29 is 4.79 Å². The number of benzene rings is 1. The Kier molecular flexibility index (Phi) is 6.35. The number of carbonyl (C=O) groups is 1. The van der Waals surface area contributed by atoms with Crippen LogP contribution in [-0.2, 0) is 6.54 Å². The van der Waals surface area contributed by atoms with Crippen molar-refractivity contribution in [2.75, 3.05) is 6.54 Å². The number of primary amides is 1. The maximum absolute atomic E-state index is 11.9. The number of urea groups is 1. The molecule has 0 bridgehead atoms. The Morgan fingerprint density at radius 3 is 2.52 bits per heavy atom. The largest absolute Gasteiger partial charge is 0.352 e. The third kappa shape index (κ3) is 5.58. The van der Waals surface area contributed by atoms with Crippen molar-refractivity contribution in [3.63, 3.8) is 0 Å². The summed E-state index contributed by atoms with van der Waals surface area (Å²) >= 11 is 0. The quantitative estimate of drug-likeness (QED) is 0.731. The van der Waals surface area contributed by atoms with Gasteiger partial charge in [-0.25, -0.2) is 9.48 Å². The first kappa shape index (κ1) is 16.7. The van der Waals surface area contributed by atoms with Gasteiger partial charge in [0.25, 0.3) is 5.56 Å². The highest BCUT2D eigenvalue weighted by Crippen LogP contribution is 2.14. The fraction of sp³-hybridized carbons (Fsp3) is 0.353. The summed E-state index contributed by atoms with van der Waals surface area (Å²) in [6, 6.07) is 12.6. The second-order valence-electron chi connectivity index (χ2n) is 5.35.